The summed E-state index contributed by atoms with van der Waals surface area (Å²) in [6.07, 6.45) is 0.850. The Morgan fingerprint density at radius 2 is 1.65 bits per heavy atom. The molecule has 0 spiro atoms. The zero-order valence-corrected chi connectivity index (χ0v) is 13.9. The molecule has 0 amide bonds. The molecule has 2 aliphatic heterocycles. The van der Waals surface area contributed by atoms with Crippen molar-refractivity contribution >= 4 is 0 Å². The predicted octanol–water partition coefficient (Wildman–Crippen LogP) is 3.20. The summed E-state index contributed by atoms with van der Waals surface area (Å²) in [5.74, 6) is 0.644. The van der Waals surface area contributed by atoms with Crippen LogP contribution in [0.3, 0.4) is 0 Å². The van der Waals surface area contributed by atoms with Crippen LogP contribution < -0.4 is 0 Å². The number of methoxy groups -OCH3 is 1. The van der Waals surface area contributed by atoms with Gasteiger partial charge >= 0.3 is 0 Å². The first-order valence-electron chi connectivity index (χ1n) is 7.79. The Kier molecular flexibility index (Phi) is 4.80. The van der Waals surface area contributed by atoms with Crippen LogP contribution in [0.25, 0.3) is 0 Å². The van der Waals surface area contributed by atoms with Crippen LogP contribution in [0.4, 0.5) is 0 Å². The van der Waals surface area contributed by atoms with E-state index in [1.54, 1.807) is 7.11 Å². The summed E-state index contributed by atoms with van der Waals surface area (Å²) >= 11 is 0. The van der Waals surface area contributed by atoms with E-state index in [1.165, 1.54) is 0 Å². The molecule has 0 saturated carbocycles. The standard InChI is InChI=1S/C16H30O4/c1-9(2)8-11-13-14(20-16(5,6)19-13)12(10(3)4)15(17-7)18-11/h9-15H,8H2,1-7H3/t11-,12?,13+,14-,15+/m1/s1. The lowest BCUT2D eigenvalue weighted by Gasteiger charge is -2.44. The molecule has 2 fully saturated rings. The maximum atomic E-state index is 6.20. The van der Waals surface area contributed by atoms with Gasteiger partial charge < -0.3 is 18.9 Å². The lowest BCUT2D eigenvalue weighted by atomic mass is 9.81. The molecule has 0 aromatic carbocycles. The molecule has 0 radical (unpaired) electrons. The van der Waals surface area contributed by atoms with E-state index < -0.39 is 5.79 Å². The van der Waals surface area contributed by atoms with Crippen molar-refractivity contribution in [2.75, 3.05) is 7.11 Å². The average Bonchev–Trinajstić information content (AvgIpc) is 2.62. The maximum Gasteiger partial charge on any atom is 0.163 e. The lowest BCUT2D eigenvalue weighted by Crippen LogP contribution is -2.55. The topological polar surface area (TPSA) is 36.9 Å². The van der Waals surface area contributed by atoms with Crippen molar-refractivity contribution in [1.29, 1.82) is 0 Å². The molecule has 20 heavy (non-hydrogen) atoms. The number of hydrogen-bond donors (Lipinski definition) is 0. The quantitative estimate of drug-likeness (QED) is 0.795. The van der Waals surface area contributed by atoms with Crippen molar-refractivity contribution in [2.24, 2.45) is 17.8 Å². The van der Waals surface area contributed by atoms with Gasteiger partial charge in [-0.25, -0.2) is 0 Å². The Hall–Kier alpha value is -0.160. The summed E-state index contributed by atoms with van der Waals surface area (Å²) in [5, 5.41) is 0. The van der Waals surface area contributed by atoms with Gasteiger partial charge in [0.15, 0.2) is 12.1 Å². The third kappa shape index (κ3) is 3.19. The summed E-state index contributed by atoms with van der Waals surface area (Å²) in [7, 11) is 1.72. The van der Waals surface area contributed by atoms with Gasteiger partial charge in [-0.1, -0.05) is 27.7 Å². The molecule has 4 nitrogen and oxygen atoms in total. The van der Waals surface area contributed by atoms with E-state index >= 15 is 0 Å². The molecule has 0 N–H and O–H groups in total. The molecule has 0 aliphatic carbocycles. The number of fused-ring (bicyclic) bond motifs is 1. The minimum absolute atomic E-state index is 0.00574. The van der Waals surface area contributed by atoms with Crippen molar-refractivity contribution < 1.29 is 18.9 Å². The third-order valence-corrected chi connectivity index (χ3v) is 4.24. The largest absolute Gasteiger partial charge is 0.355 e. The molecular weight excluding hydrogens is 256 g/mol. The molecule has 5 atom stereocenters. The normalized spacial score (nSPS) is 40.4. The van der Waals surface area contributed by atoms with Gasteiger partial charge in [0.1, 0.15) is 6.10 Å². The summed E-state index contributed by atoms with van der Waals surface area (Å²) < 4.78 is 24.1. The SMILES string of the molecule is CO[C@H]1O[C@H](CC(C)C)[C@@H]2OC(C)(C)O[C@@H]2C1C(C)C. The fraction of sp³-hybridized carbons (Fsp3) is 1.00. The van der Waals surface area contributed by atoms with Gasteiger partial charge in [-0.3, -0.25) is 0 Å². The van der Waals surface area contributed by atoms with Crippen LogP contribution >= 0.6 is 0 Å². The van der Waals surface area contributed by atoms with E-state index in [0.29, 0.717) is 11.8 Å². The molecule has 2 saturated heterocycles. The van der Waals surface area contributed by atoms with Crippen LogP contribution in [0.5, 0.6) is 0 Å². The predicted molar refractivity (Wildman–Crippen MR) is 77.3 cm³/mol. The second-order valence-electron chi connectivity index (χ2n) is 7.29. The van der Waals surface area contributed by atoms with Gasteiger partial charge in [-0.2, -0.15) is 0 Å². The Morgan fingerprint density at radius 3 is 2.15 bits per heavy atom. The third-order valence-electron chi connectivity index (χ3n) is 4.24. The molecular formula is C16H30O4. The Labute approximate surface area is 123 Å². The molecule has 0 aromatic heterocycles. The first kappa shape index (κ1) is 16.2. The lowest BCUT2D eigenvalue weighted by molar-refractivity contribution is -0.261. The van der Waals surface area contributed by atoms with E-state index in [0.717, 1.165) is 6.42 Å². The van der Waals surface area contributed by atoms with Crippen LogP contribution in [0.15, 0.2) is 0 Å². The second-order valence-corrected chi connectivity index (χ2v) is 7.29. The number of hydrogen-bond acceptors (Lipinski definition) is 4. The second kappa shape index (κ2) is 5.91. The van der Waals surface area contributed by atoms with Crippen LogP contribution in [-0.2, 0) is 18.9 Å². The van der Waals surface area contributed by atoms with Crippen LogP contribution in [0.2, 0.25) is 0 Å². The first-order valence-corrected chi connectivity index (χ1v) is 7.79. The fourth-order valence-electron chi connectivity index (χ4n) is 3.46. The highest BCUT2D eigenvalue weighted by atomic mass is 16.8. The Bertz CT molecular complexity index is 326. The number of ether oxygens (including phenoxy) is 4. The van der Waals surface area contributed by atoms with Crippen molar-refractivity contribution in [3.63, 3.8) is 0 Å². The van der Waals surface area contributed by atoms with Crippen molar-refractivity contribution in [2.45, 2.75) is 78.4 Å². The van der Waals surface area contributed by atoms with Gasteiger partial charge in [-0.05, 0) is 32.1 Å². The van der Waals surface area contributed by atoms with Crippen molar-refractivity contribution in [1.82, 2.24) is 0 Å². The highest BCUT2D eigenvalue weighted by molar-refractivity contribution is 4.97. The van der Waals surface area contributed by atoms with Crippen LogP contribution in [0, 0.1) is 17.8 Å². The molecule has 2 rings (SSSR count). The molecule has 4 heteroatoms. The average molecular weight is 286 g/mol. The molecule has 2 heterocycles. The zero-order valence-electron chi connectivity index (χ0n) is 13.9. The van der Waals surface area contributed by atoms with Gasteiger partial charge in [0, 0.05) is 13.0 Å². The Morgan fingerprint density at radius 1 is 1.05 bits per heavy atom. The van der Waals surface area contributed by atoms with Gasteiger partial charge in [0.05, 0.1) is 12.2 Å². The summed E-state index contributed by atoms with van der Waals surface area (Å²) in [4.78, 5) is 0. The van der Waals surface area contributed by atoms with Crippen molar-refractivity contribution in [3.8, 4) is 0 Å². The molecule has 0 bridgehead atoms. The molecule has 0 aromatic rings. The minimum Gasteiger partial charge on any atom is -0.355 e. The van der Waals surface area contributed by atoms with E-state index in [-0.39, 0.29) is 30.5 Å². The Balaban J connectivity index is 2.25. The summed E-state index contributed by atoms with van der Waals surface area (Å²) in [6, 6.07) is 0. The zero-order chi connectivity index (χ0) is 15.1. The van der Waals surface area contributed by atoms with E-state index in [9.17, 15) is 0 Å². The molecule has 2 aliphatic rings. The van der Waals surface area contributed by atoms with E-state index in [1.807, 2.05) is 13.8 Å². The van der Waals surface area contributed by atoms with Crippen LogP contribution in [-0.4, -0.2) is 37.5 Å². The monoisotopic (exact) mass is 286 g/mol. The van der Waals surface area contributed by atoms with E-state index in [4.69, 9.17) is 18.9 Å². The maximum absolute atomic E-state index is 6.20. The summed E-state index contributed by atoms with van der Waals surface area (Å²) in [5.41, 5.74) is 0. The minimum atomic E-state index is -0.538. The molecule has 118 valence electrons. The molecule has 1 unspecified atom stereocenters. The first-order chi connectivity index (χ1) is 9.25. The number of rotatable bonds is 4. The smallest absolute Gasteiger partial charge is 0.163 e. The van der Waals surface area contributed by atoms with Crippen molar-refractivity contribution in [3.05, 3.63) is 0 Å². The van der Waals surface area contributed by atoms with Gasteiger partial charge in [0.2, 0.25) is 0 Å². The highest BCUT2D eigenvalue weighted by Gasteiger charge is 2.55. The van der Waals surface area contributed by atoms with E-state index in [2.05, 4.69) is 27.7 Å². The van der Waals surface area contributed by atoms with Gasteiger partial charge in [-0.15, -0.1) is 0 Å². The van der Waals surface area contributed by atoms with Gasteiger partial charge in [0.25, 0.3) is 0 Å². The van der Waals surface area contributed by atoms with Crippen LogP contribution in [0.1, 0.15) is 48.0 Å². The summed E-state index contributed by atoms with van der Waals surface area (Å²) in [6.45, 7) is 12.8. The highest BCUT2D eigenvalue weighted by Crippen LogP contribution is 2.44. The fourth-order valence-corrected chi connectivity index (χ4v) is 3.46.